The van der Waals surface area contributed by atoms with E-state index in [-0.39, 0.29) is 37.9 Å². The molecule has 15 nitrogen and oxygen atoms in total. The van der Waals surface area contributed by atoms with Gasteiger partial charge in [-0.3, -0.25) is 29.7 Å². The Balaban J connectivity index is 1.12. The van der Waals surface area contributed by atoms with Crippen LogP contribution in [0.25, 0.3) is 0 Å². The molecule has 1 aromatic heterocycles. The van der Waals surface area contributed by atoms with Crippen LogP contribution in [0.2, 0.25) is 0 Å². The molecule has 2 aromatic rings. The second-order valence-corrected chi connectivity index (χ2v) is 15.8. The molecule has 1 aromatic carbocycles. The quantitative estimate of drug-likeness (QED) is 0.327. The number of hydrogen-bond donors (Lipinski definition) is 4. The number of aromatic amines is 1. The minimum atomic E-state index is -1.32. The van der Waals surface area contributed by atoms with Crippen molar-refractivity contribution in [3.8, 4) is 0 Å². The number of aromatic nitrogens is 3. The Hall–Kier alpha value is -5.02. The number of nitrogens with one attached hydrogen (secondary N) is 4. The van der Waals surface area contributed by atoms with Gasteiger partial charge in [0.2, 0.25) is 17.8 Å². The number of alkyl carbamates (subject to hydrolysis) is 1. The summed E-state index contributed by atoms with van der Waals surface area (Å²) in [5.74, 6) is -1.20. The van der Waals surface area contributed by atoms with E-state index in [2.05, 4.69) is 31.1 Å². The summed E-state index contributed by atoms with van der Waals surface area (Å²) in [6.45, 7) is 5.21. The number of rotatable bonds is 5. The molecule has 53 heavy (non-hydrogen) atoms. The monoisotopic (exact) mass is 734 g/mol. The number of H-pyrrole nitrogens is 1. The molecule has 3 fully saturated rings. The van der Waals surface area contributed by atoms with Gasteiger partial charge >= 0.3 is 12.2 Å². The van der Waals surface area contributed by atoms with E-state index in [1.165, 1.54) is 15.9 Å². The Morgan fingerprint density at radius 3 is 2.64 bits per heavy atom. The zero-order chi connectivity index (χ0) is 37.5. The highest BCUT2D eigenvalue weighted by molar-refractivity contribution is 6.04. The van der Waals surface area contributed by atoms with E-state index < -0.39 is 65.1 Å². The van der Waals surface area contributed by atoms with Gasteiger partial charge in [0.15, 0.2) is 0 Å². The molecule has 2 saturated carbocycles. The maximum absolute atomic E-state index is 14.4. The van der Waals surface area contributed by atoms with Crippen LogP contribution >= 0.6 is 0 Å². The average Bonchev–Trinajstić information content (AvgIpc) is 3.87. The Morgan fingerprint density at radius 1 is 1.08 bits per heavy atom. The largest absolute Gasteiger partial charge is 0.444 e. The third kappa shape index (κ3) is 8.15. The third-order valence-corrected chi connectivity index (χ3v) is 10.5. The molecular formula is C37H47FN8O7. The van der Waals surface area contributed by atoms with Crippen molar-refractivity contribution in [1.29, 1.82) is 0 Å². The van der Waals surface area contributed by atoms with Crippen LogP contribution in [0.5, 0.6) is 0 Å². The second-order valence-electron chi connectivity index (χ2n) is 15.8. The molecule has 0 bridgehead atoms. The Morgan fingerprint density at radius 2 is 1.89 bits per heavy atom. The summed E-state index contributed by atoms with van der Waals surface area (Å²) in [4.78, 5) is 76.0. The molecule has 1 saturated heterocycles. The van der Waals surface area contributed by atoms with E-state index in [0.29, 0.717) is 42.1 Å². The van der Waals surface area contributed by atoms with Crippen LogP contribution in [0.4, 0.5) is 19.9 Å². The van der Waals surface area contributed by atoms with Crippen molar-refractivity contribution in [2.45, 2.75) is 127 Å². The summed E-state index contributed by atoms with van der Waals surface area (Å²) in [6.07, 6.45) is 7.09. The zero-order valence-corrected chi connectivity index (χ0v) is 30.3. The Kier molecular flexibility index (Phi) is 9.89. The number of nitrogens with zero attached hydrogens (tertiary/aromatic N) is 4. The first-order chi connectivity index (χ1) is 25.3. The molecule has 3 aliphatic heterocycles. The van der Waals surface area contributed by atoms with Gasteiger partial charge in [-0.15, -0.1) is 5.10 Å². The number of fused-ring (bicyclic) bond motifs is 3. The van der Waals surface area contributed by atoms with Gasteiger partial charge < -0.3 is 25.0 Å². The molecule has 5 aliphatic rings. The van der Waals surface area contributed by atoms with E-state index in [1.54, 1.807) is 32.9 Å². The maximum Gasteiger partial charge on any atom is 0.410 e. The number of hydrogen-bond acceptors (Lipinski definition) is 9. The molecular weight excluding hydrogens is 687 g/mol. The lowest BCUT2D eigenvalue weighted by Gasteiger charge is -2.30. The van der Waals surface area contributed by atoms with E-state index in [9.17, 15) is 28.4 Å². The average molecular weight is 735 g/mol. The smallest absolute Gasteiger partial charge is 0.410 e. The van der Waals surface area contributed by atoms with Crippen LogP contribution in [0.1, 0.15) is 101 Å². The van der Waals surface area contributed by atoms with Crippen molar-refractivity contribution in [1.82, 2.24) is 35.6 Å². The first-order valence-corrected chi connectivity index (χ1v) is 18.5. The molecule has 5 atom stereocenters. The van der Waals surface area contributed by atoms with Crippen LogP contribution in [0, 0.1) is 11.7 Å². The number of halogens is 1. The minimum absolute atomic E-state index is 0.0293. The topological polar surface area (TPSA) is 188 Å². The Labute approximate surface area is 306 Å². The summed E-state index contributed by atoms with van der Waals surface area (Å²) < 4.78 is 25.8. The van der Waals surface area contributed by atoms with Gasteiger partial charge in [0.05, 0.1) is 13.1 Å². The van der Waals surface area contributed by atoms with E-state index >= 15 is 0 Å². The van der Waals surface area contributed by atoms with E-state index in [0.717, 1.165) is 32.1 Å². The molecule has 0 unspecified atom stereocenters. The predicted molar refractivity (Wildman–Crippen MR) is 187 cm³/mol. The SMILES string of the molecule is CC(C)(C)OC(=O)N[C@H]1CCCCC/C=C\[C@H]2C[C@@]2(C(=O)Nc2n[nH]c(C3CC3)n2)NC(=O)[C@@H]2C[C@@H](OC(=O)N3Cc4cccc(F)c4C3)CN2C1=O. The van der Waals surface area contributed by atoms with Gasteiger partial charge in [0, 0.05) is 30.4 Å². The molecule has 284 valence electrons. The zero-order valence-electron chi connectivity index (χ0n) is 30.3. The number of ether oxygens (including phenoxy) is 2. The summed E-state index contributed by atoms with van der Waals surface area (Å²) in [6, 6.07) is 2.51. The third-order valence-electron chi connectivity index (χ3n) is 10.5. The number of allylic oxidation sites excluding steroid dienone is 1. The first kappa shape index (κ1) is 36.3. The molecule has 4 N–H and O–H groups in total. The van der Waals surface area contributed by atoms with Crippen LogP contribution < -0.4 is 16.0 Å². The van der Waals surface area contributed by atoms with Crippen LogP contribution in [0.15, 0.2) is 30.4 Å². The van der Waals surface area contributed by atoms with Crippen molar-refractivity contribution in [2.75, 3.05) is 11.9 Å². The van der Waals surface area contributed by atoms with E-state index in [1.807, 2.05) is 12.2 Å². The Bertz CT molecular complexity index is 1800. The normalized spacial score (nSPS) is 28.0. The van der Waals surface area contributed by atoms with Gasteiger partial charge in [-0.25, -0.2) is 14.0 Å². The fourth-order valence-corrected chi connectivity index (χ4v) is 7.42. The fraction of sp³-hybridized carbons (Fsp3) is 0.595. The van der Waals surface area contributed by atoms with Crippen molar-refractivity contribution in [3.05, 3.63) is 53.1 Å². The first-order valence-electron chi connectivity index (χ1n) is 18.5. The maximum atomic E-state index is 14.4. The summed E-state index contributed by atoms with van der Waals surface area (Å²) in [5.41, 5.74) is -1.04. The highest BCUT2D eigenvalue weighted by Gasteiger charge is 2.61. The van der Waals surface area contributed by atoms with Crippen LogP contribution in [-0.2, 0) is 36.9 Å². The molecule has 0 spiro atoms. The summed E-state index contributed by atoms with van der Waals surface area (Å²) in [7, 11) is 0. The molecule has 4 heterocycles. The van der Waals surface area contributed by atoms with Crippen molar-refractivity contribution in [2.24, 2.45) is 5.92 Å². The number of carbonyl (C=O) groups excluding carboxylic acids is 5. The van der Waals surface area contributed by atoms with Gasteiger partial charge in [-0.2, -0.15) is 4.98 Å². The van der Waals surface area contributed by atoms with Crippen LogP contribution in [0.3, 0.4) is 0 Å². The summed E-state index contributed by atoms with van der Waals surface area (Å²) in [5, 5.41) is 15.5. The minimum Gasteiger partial charge on any atom is -0.444 e. The molecule has 0 radical (unpaired) electrons. The molecule has 2 aliphatic carbocycles. The molecule has 16 heteroatoms. The highest BCUT2D eigenvalue weighted by atomic mass is 19.1. The number of benzene rings is 1. The van der Waals surface area contributed by atoms with Gasteiger partial charge in [-0.05, 0) is 70.9 Å². The van der Waals surface area contributed by atoms with Gasteiger partial charge in [-0.1, -0.05) is 37.1 Å². The van der Waals surface area contributed by atoms with Gasteiger partial charge in [0.1, 0.15) is 41.0 Å². The van der Waals surface area contributed by atoms with Crippen molar-refractivity contribution >= 4 is 35.9 Å². The lowest BCUT2D eigenvalue weighted by Crippen LogP contribution is -2.57. The lowest BCUT2D eigenvalue weighted by molar-refractivity contribution is -0.141. The van der Waals surface area contributed by atoms with E-state index in [4.69, 9.17) is 9.47 Å². The van der Waals surface area contributed by atoms with Crippen LogP contribution in [-0.4, -0.2) is 90.8 Å². The van der Waals surface area contributed by atoms with Crippen molar-refractivity contribution < 1.29 is 37.8 Å². The number of anilines is 1. The number of carbonyl (C=O) groups is 5. The highest BCUT2D eigenvalue weighted by Crippen LogP contribution is 2.46. The molecule has 5 amide bonds. The molecule has 7 rings (SSSR count). The predicted octanol–water partition coefficient (Wildman–Crippen LogP) is 4.17. The number of amides is 5. The second kappa shape index (κ2) is 14.4. The van der Waals surface area contributed by atoms with Crippen molar-refractivity contribution in [3.63, 3.8) is 0 Å². The summed E-state index contributed by atoms with van der Waals surface area (Å²) >= 11 is 0. The van der Waals surface area contributed by atoms with Gasteiger partial charge in [0.25, 0.3) is 5.91 Å². The lowest BCUT2D eigenvalue weighted by atomic mass is 10.0. The standard InChI is InChI=1S/C37H47FN8O7/c1-36(2,3)53-34(50)39-27-13-8-6-4-5-7-11-23-17-37(23,32(49)41-33-40-29(43-44-33)21-14-15-21)42-30(47)28-16-24(19-46(28)31(27)48)52-35(51)45-18-22-10-9-12-26(38)25(22)20-45/h7,9-12,21,23-24,27-28H,4-6,8,13-20H2,1-3H3,(H,39,50)(H,42,47)(H2,40,41,43,44,49)/b11-7-/t23-,24+,27-,28-,37+/m0/s1. The fourth-order valence-electron chi connectivity index (χ4n) is 7.42.